The second-order valence-electron chi connectivity index (χ2n) is 4.72. The van der Waals surface area contributed by atoms with Crippen molar-refractivity contribution in [3.63, 3.8) is 0 Å². The van der Waals surface area contributed by atoms with Gasteiger partial charge in [0, 0.05) is 25.1 Å². The zero-order chi connectivity index (χ0) is 15.5. The Balaban J connectivity index is 2.41. The zero-order valence-corrected chi connectivity index (χ0v) is 12.1. The van der Waals surface area contributed by atoms with Crippen LogP contribution >= 0.6 is 0 Å². The first-order chi connectivity index (χ1) is 9.95. The first-order valence-corrected chi connectivity index (χ1v) is 7.96. The Bertz CT molecular complexity index is 678. The third-order valence-electron chi connectivity index (χ3n) is 3.15. The molecule has 1 aromatic rings. The van der Waals surface area contributed by atoms with E-state index in [0.29, 0.717) is 6.42 Å². The molecule has 7 heteroatoms. The van der Waals surface area contributed by atoms with Crippen LogP contribution in [-0.2, 0) is 10.0 Å². The predicted octanol–water partition coefficient (Wildman–Crippen LogP) is 0.315. The van der Waals surface area contributed by atoms with Crippen LogP contribution in [0.1, 0.15) is 18.4 Å². The van der Waals surface area contributed by atoms with Crippen molar-refractivity contribution in [1.29, 1.82) is 0 Å². The highest BCUT2D eigenvalue weighted by Gasteiger charge is 2.32. The number of aliphatic hydroxyl groups is 2. The van der Waals surface area contributed by atoms with Gasteiger partial charge in [0.2, 0.25) is 10.0 Å². The van der Waals surface area contributed by atoms with Gasteiger partial charge in [-0.15, -0.1) is 0 Å². The number of halogens is 1. The molecule has 5 nitrogen and oxygen atoms in total. The van der Waals surface area contributed by atoms with Gasteiger partial charge in [-0.05, 0) is 24.6 Å². The summed E-state index contributed by atoms with van der Waals surface area (Å²) in [4.78, 5) is -0.0801. The van der Waals surface area contributed by atoms with Crippen LogP contribution in [0.25, 0.3) is 0 Å². The molecule has 114 valence electrons. The number of rotatable bonds is 3. The summed E-state index contributed by atoms with van der Waals surface area (Å²) in [5.74, 6) is 4.59. The van der Waals surface area contributed by atoms with E-state index in [-0.39, 0.29) is 36.6 Å². The van der Waals surface area contributed by atoms with Crippen LogP contribution in [0.15, 0.2) is 23.1 Å². The minimum atomic E-state index is -3.81. The minimum Gasteiger partial charge on any atom is -0.395 e. The molecule has 2 rings (SSSR count). The van der Waals surface area contributed by atoms with Crippen LogP contribution in [0.2, 0.25) is 0 Å². The minimum absolute atomic E-state index is 0.0310. The number of benzene rings is 1. The van der Waals surface area contributed by atoms with Crippen molar-refractivity contribution in [1.82, 2.24) is 4.31 Å². The summed E-state index contributed by atoms with van der Waals surface area (Å²) in [6.07, 6.45) is -0.117. The van der Waals surface area contributed by atoms with E-state index in [4.69, 9.17) is 5.11 Å². The fraction of sp³-hybridized carbons (Fsp3) is 0.429. The highest BCUT2D eigenvalue weighted by atomic mass is 32.2. The lowest BCUT2D eigenvalue weighted by Crippen LogP contribution is -2.30. The Morgan fingerprint density at radius 1 is 1.43 bits per heavy atom. The van der Waals surface area contributed by atoms with Gasteiger partial charge in [0.05, 0.1) is 17.6 Å². The Hall–Kier alpha value is -1.46. The summed E-state index contributed by atoms with van der Waals surface area (Å²) in [6, 6.07) is 3.30. The van der Waals surface area contributed by atoms with Gasteiger partial charge >= 0.3 is 0 Å². The fourth-order valence-corrected chi connectivity index (χ4v) is 3.73. The molecule has 1 fully saturated rings. The molecule has 1 aromatic carbocycles. The molecular formula is C14H16FNO4S. The van der Waals surface area contributed by atoms with Crippen molar-refractivity contribution in [3.8, 4) is 11.8 Å². The first kappa shape index (κ1) is 15.9. The molecule has 0 radical (unpaired) electrons. The van der Waals surface area contributed by atoms with E-state index in [1.807, 2.05) is 0 Å². The van der Waals surface area contributed by atoms with Gasteiger partial charge in [0.25, 0.3) is 0 Å². The molecule has 1 atom stereocenters. The molecule has 0 spiro atoms. The van der Waals surface area contributed by atoms with E-state index in [9.17, 15) is 17.9 Å². The number of hydrogen-bond acceptors (Lipinski definition) is 4. The summed E-state index contributed by atoms with van der Waals surface area (Å²) in [7, 11) is -3.81. The predicted molar refractivity (Wildman–Crippen MR) is 74.4 cm³/mol. The SMILES string of the molecule is O=S(=O)(c1ccc(F)cc1C#CCCO)N1CCC(O)C1. The van der Waals surface area contributed by atoms with Crippen LogP contribution in [-0.4, -0.2) is 48.7 Å². The van der Waals surface area contributed by atoms with E-state index in [1.165, 1.54) is 10.4 Å². The van der Waals surface area contributed by atoms with E-state index < -0.39 is 21.9 Å². The molecule has 1 unspecified atom stereocenters. The fourth-order valence-electron chi connectivity index (χ4n) is 2.11. The second kappa shape index (κ2) is 6.54. The number of hydrogen-bond donors (Lipinski definition) is 2. The summed E-state index contributed by atoms with van der Waals surface area (Å²) < 4.78 is 39.5. The van der Waals surface area contributed by atoms with Crippen LogP contribution in [0.3, 0.4) is 0 Å². The van der Waals surface area contributed by atoms with Crippen molar-refractivity contribution in [2.45, 2.75) is 23.8 Å². The Kier molecular flexibility index (Phi) is 4.96. The summed E-state index contributed by atoms with van der Waals surface area (Å²) in [5.41, 5.74) is 0.0600. The quantitative estimate of drug-likeness (QED) is 0.788. The topological polar surface area (TPSA) is 77.8 Å². The molecule has 0 aromatic heterocycles. The van der Waals surface area contributed by atoms with Crippen LogP contribution in [0.4, 0.5) is 4.39 Å². The summed E-state index contributed by atoms with van der Waals surface area (Å²) in [6.45, 7) is 0.107. The van der Waals surface area contributed by atoms with E-state index in [2.05, 4.69) is 11.8 Å². The maximum atomic E-state index is 13.3. The van der Waals surface area contributed by atoms with Crippen molar-refractivity contribution in [2.24, 2.45) is 0 Å². The Morgan fingerprint density at radius 2 is 2.19 bits per heavy atom. The highest BCUT2D eigenvalue weighted by molar-refractivity contribution is 7.89. The molecule has 0 amide bonds. The Labute approximate surface area is 123 Å². The van der Waals surface area contributed by atoms with Crippen molar-refractivity contribution in [2.75, 3.05) is 19.7 Å². The normalized spacial score (nSPS) is 19.3. The molecular weight excluding hydrogens is 297 g/mol. The standard InChI is InChI=1S/C14H16FNO4S/c15-12-4-5-14(11(9-12)3-1-2-8-17)21(19,20)16-7-6-13(18)10-16/h4-5,9,13,17-18H,2,6-8,10H2. The van der Waals surface area contributed by atoms with Crippen LogP contribution in [0.5, 0.6) is 0 Å². The lowest BCUT2D eigenvalue weighted by atomic mass is 10.2. The average Bonchev–Trinajstić information content (AvgIpc) is 2.86. The van der Waals surface area contributed by atoms with Crippen molar-refractivity contribution in [3.05, 3.63) is 29.6 Å². The number of aliphatic hydroxyl groups excluding tert-OH is 2. The first-order valence-electron chi connectivity index (χ1n) is 6.52. The number of β-amino-alcohol motifs (C(OH)–C–C–N with tert-alkyl or cyclic N) is 1. The number of sulfonamides is 1. The zero-order valence-electron chi connectivity index (χ0n) is 11.3. The molecule has 1 aliphatic rings. The average molecular weight is 313 g/mol. The highest BCUT2D eigenvalue weighted by Crippen LogP contribution is 2.24. The van der Waals surface area contributed by atoms with Gasteiger partial charge in [-0.2, -0.15) is 4.31 Å². The van der Waals surface area contributed by atoms with Gasteiger partial charge in [0.1, 0.15) is 5.82 Å². The number of nitrogens with zero attached hydrogens (tertiary/aromatic N) is 1. The molecule has 21 heavy (non-hydrogen) atoms. The van der Waals surface area contributed by atoms with E-state index in [0.717, 1.165) is 12.1 Å². The van der Waals surface area contributed by atoms with E-state index >= 15 is 0 Å². The third kappa shape index (κ3) is 3.60. The molecule has 0 aliphatic carbocycles. The lowest BCUT2D eigenvalue weighted by Gasteiger charge is -2.16. The van der Waals surface area contributed by atoms with Gasteiger partial charge in [-0.25, -0.2) is 12.8 Å². The maximum absolute atomic E-state index is 13.3. The molecule has 1 heterocycles. The monoisotopic (exact) mass is 313 g/mol. The van der Waals surface area contributed by atoms with Gasteiger partial charge in [-0.1, -0.05) is 11.8 Å². The third-order valence-corrected chi connectivity index (χ3v) is 5.07. The van der Waals surface area contributed by atoms with Gasteiger partial charge < -0.3 is 10.2 Å². The van der Waals surface area contributed by atoms with Crippen LogP contribution < -0.4 is 0 Å². The molecule has 2 N–H and O–H groups in total. The maximum Gasteiger partial charge on any atom is 0.244 e. The molecule has 0 bridgehead atoms. The Morgan fingerprint density at radius 3 is 2.81 bits per heavy atom. The summed E-state index contributed by atoms with van der Waals surface area (Å²) in [5, 5.41) is 18.2. The van der Waals surface area contributed by atoms with Crippen LogP contribution in [0, 0.1) is 17.7 Å². The lowest BCUT2D eigenvalue weighted by molar-refractivity contribution is 0.189. The second-order valence-corrected chi connectivity index (χ2v) is 6.63. The van der Waals surface area contributed by atoms with Gasteiger partial charge in [0.15, 0.2) is 0 Å². The molecule has 1 saturated heterocycles. The molecule has 0 saturated carbocycles. The summed E-state index contributed by atoms with van der Waals surface area (Å²) >= 11 is 0. The molecule has 1 aliphatic heterocycles. The van der Waals surface area contributed by atoms with Crippen molar-refractivity contribution < 1.29 is 23.0 Å². The van der Waals surface area contributed by atoms with Crippen molar-refractivity contribution >= 4 is 10.0 Å². The van der Waals surface area contributed by atoms with Gasteiger partial charge in [-0.3, -0.25) is 0 Å². The van der Waals surface area contributed by atoms with E-state index in [1.54, 1.807) is 0 Å². The largest absolute Gasteiger partial charge is 0.395 e. The smallest absolute Gasteiger partial charge is 0.244 e.